The molecule has 0 bridgehead atoms. The molecule has 1 aliphatic rings. The first kappa shape index (κ1) is 18.8. The van der Waals surface area contributed by atoms with Gasteiger partial charge in [0.2, 0.25) is 11.9 Å². The number of nitrogens with two attached hydrogens (primary N) is 1. The predicted molar refractivity (Wildman–Crippen MR) is 110 cm³/mol. The van der Waals surface area contributed by atoms with Gasteiger partial charge in [0, 0.05) is 43.1 Å². The molecule has 3 aromatic rings. The molecule has 8 nitrogen and oxygen atoms in total. The number of aromatic nitrogens is 3. The highest BCUT2D eigenvalue weighted by atomic mass is 16.5. The minimum absolute atomic E-state index is 0.172. The summed E-state index contributed by atoms with van der Waals surface area (Å²) in [6.45, 7) is 7.61. The van der Waals surface area contributed by atoms with Crippen molar-refractivity contribution in [3.05, 3.63) is 53.8 Å². The van der Waals surface area contributed by atoms with Gasteiger partial charge in [-0.3, -0.25) is 9.78 Å². The molecule has 3 aromatic heterocycles. The first-order valence-electron chi connectivity index (χ1n) is 9.26. The van der Waals surface area contributed by atoms with Gasteiger partial charge in [0.25, 0.3) is 0 Å². The maximum Gasteiger partial charge on any atom is 0.236 e. The van der Waals surface area contributed by atoms with Crippen molar-refractivity contribution < 1.29 is 9.53 Å². The summed E-state index contributed by atoms with van der Waals surface area (Å²) in [6.07, 6.45) is 6.45. The summed E-state index contributed by atoms with van der Waals surface area (Å²) in [7, 11) is 1.66. The number of amides is 1. The molecule has 8 heteroatoms. The molecule has 4 rings (SSSR count). The number of hydrogen-bond donors (Lipinski definition) is 2. The van der Waals surface area contributed by atoms with Gasteiger partial charge in [-0.25, -0.2) is 16.5 Å². The average molecular weight is 388 g/mol. The third-order valence-corrected chi connectivity index (χ3v) is 5.02. The highest BCUT2D eigenvalue weighted by Crippen LogP contribution is 2.35. The van der Waals surface area contributed by atoms with E-state index in [1.54, 1.807) is 31.8 Å². The first-order chi connectivity index (χ1) is 14.1. The zero-order valence-corrected chi connectivity index (χ0v) is 15.9. The van der Waals surface area contributed by atoms with Crippen LogP contribution in [0.15, 0.2) is 36.8 Å². The van der Waals surface area contributed by atoms with E-state index in [0.29, 0.717) is 35.7 Å². The summed E-state index contributed by atoms with van der Waals surface area (Å²) in [6, 6.07) is 5.42. The summed E-state index contributed by atoms with van der Waals surface area (Å²) in [5.74, 6) is 0.371. The zero-order chi connectivity index (χ0) is 20.4. The second-order valence-corrected chi connectivity index (χ2v) is 6.99. The lowest BCUT2D eigenvalue weighted by molar-refractivity contribution is -0.117. The minimum Gasteiger partial charge on any atom is -0.384 e. The Balaban J connectivity index is 1.67. The van der Waals surface area contributed by atoms with Crippen molar-refractivity contribution >= 4 is 28.3 Å². The molecule has 1 fully saturated rings. The second-order valence-electron chi connectivity index (χ2n) is 6.99. The molecule has 3 N–H and O–H groups in total. The Morgan fingerprint density at radius 3 is 3.03 bits per heavy atom. The van der Waals surface area contributed by atoms with E-state index in [4.69, 9.17) is 17.0 Å². The third-order valence-electron chi connectivity index (χ3n) is 5.02. The van der Waals surface area contributed by atoms with E-state index in [1.165, 1.54) is 0 Å². The zero-order valence-electron chi connectivity index (χ0n) is 15.9. The van der Waals surface area contributed by atoms with Crippen molar-refractivity contribution in [2.24, 2.45) is 5.92 Å². The second kappa shape index (κ2) is 7.81. The molecule has 0 unspecified atom stereocenters. The molecule has 2 atom stereocenters. The lowest BCUT2D eigenvalue weighted by atomic mass is 10.0. The first-order valence-corrected chi connectivity index (χ1v) is 9.26. The minimum atomic E-state index is -0.248. The van der Waals surface area contributed by atoms with E-state index < -0.39 is 0 Å². The van der Waals surface area contributed by atoms with Crippen LogP contribution in [0.1, 0.15) is 12.0 Å². The molecule has 1 aliphatic carbocycles. The third kappa shape index (κ3) is 3.86. The van der Waals surface area contributed by atoms with E-state index in [2.05, 4.69) is 25.1 Å². The Hall–Kier alpha value is -3.57. The number of hydrogen-bond acceptors (Lipinski definition) is 6. The Morgan fingerprint density at radius 1 is 1.41 bits per heavy atom. The molecule has 0 radical (unpaired) electrons. The van der Waals surface area contributed by atoms with Crippen molar-refractivity contribution in [3.8, 4) is 11.3 Å². The fourth-order valence-corrected chi connectivity index (χ4v) is 3.29. The monoisotopic (exact) mass is 388 g/mol. The Bertz CT molecular complexity index is 1120. The number of nitrogens with zero attached hydrogens (tertiary/aromatic N) is 4. The summed E-state index contributed by atoms with van der Waals surface area (Å²) in [4.78, 5) is 28.7. The van der Waals surface area contributed by atoms with E-state index in [-0.39, 0.29) is 17.9 Å². The standard InChI is InChI=1S/C21H20N6O2/c1-23-17-9-14(17)21(28)27-19-8-13-7-18(26-20(22)16(13)11-25-19)15-10-24-5-3-12(15)4-6-29-2/h3,5,7-8,10-11,14,17H,4,6,9H2,2H3,(H2,22,26)(H,25,27,28)/t14-,17-/m1/s1. The SMILES string of the molecule is [C-]#[N+][C@@H]1C[C@H]1C(=O)Nc1cc2cc(-c3cnccc3CCOC)nc(N)c2cn1. The number of pyridine rings is 3. The molecule has 0 spiro atoms. The molecule has 0 saturated heterocycles. The molecule has 146 valence electrons. The van der Waals surface area contributed by atoms with E-state index in [1.807, 2.05) is 12.1 Å². The van der Waals surface area contributed by atoms with Crippen molar-refractivity contribution in [2.45, 2.75) is 18.9 Å². The molecule has 0 aliphatic heterocycles. The van der Waals surface area contributed by atoms with Crippen LogP contribution < -0.4 is 11.1 Å². The molecular formula is C21H20N6O2. The Morgan fingerprint density at radius 2 is 2.28 bits per heavy atom. The topological polar surface area (TPSA) is 107 Å². The maximum absolute atomic E-state index is 12.2. The van der Waals surface area contributed by atoms with Gasteiger partial charge in [-0.15, -0.1) is 0 Å². The normalized spacial score (nSPS) is 17.7. The molecule has 3 heterocycles. The fraction of sp³-hybridized carbons (Fsp3) is 0.286. The van der Waals surface area contributed by atoms with Gasteiger partial charge < -0.3 is 20.6 Å². The molecule has 29 heavy (non-hydrogen) atoms. The van der Waals surface area contributed by atoms with Crippen LogP contribution in [0.5, 0.6) is 0 Å². The largest absolute Gasteiger partial charge is 0.384 e. The number of nitrogens with one attached hydrogen (secondary N) is 1. The summed E-state index contributed by atoms with van der Waals surface area (Å²) in [5.41, 5.74) is 8.83. The van der Waals surface area contributed by atoms with Crippen LogP contribution in [0.4, 0.5) is 11.6 Å². The molecule has 0 aromatic carbocycles. The number of methoxy groups -OCH3 is 1. The lowest BCUT2D eigenvalue weighted by Crippen LogP contribution is -2.16. The van der Waals surface area contributed by atoms with Gasteiger partial charge in [-0.2, -0.15) is 0 Å². The van der Waals surface area contributed by atoms with Crippen LogP contribution in [0.2, 0.25) is 0 Å². The number of ether oxygens (including phenoxy) is 1. The Labute approximate surface area is 168 Å². The maximum atomic E-state index is 12.2. The highest BCUT2D eigenvalue weighted by molar-refractivity contribution is 5.98. The van der Waals surface area contributed by atoms with Crippen LogP contribution >= 0.6 is 0 Å². The van der Waals surface area contributed by atoms with Crippen molar-refractivity contribution in [1.29, 1.82) is 0 Å². The molecular weight excluding hydrogens is 368 g/mol. The van der Waals surface area contributed by atoms with Gasteiger partial charge in [0.15, 0.2) is 0 Å². The Kier molecular flexibility index (Phi) is 5.06. The quantitative estimate of drug-likeness (QED) is 0.629. The summed E-state index contributed by atoms with van der Waals surface area (Å²) in [5, 5.41) is 4.32. The number of carbonyl (C=O) groups excluding carboxylic acids is 1. The van der Waals surface area contributed by atoms with Crippen molar-refractivity contribution in [3.63, 3.8) is 0 Å². The van der Waals surface area contributed by atoms with Crippen LogP contribution in [-0.4, -0.2) is 40.6 Å². The number of fused-ring (bicyclic) bond motifs is 1. The van der Waals surface area contributed by atoms with E-state index in [0.717, 1.165) is 22.9 Å². The van der Waals surface area contributed by atoms with Crippen LogP contribution in [-0.2, 0) is 16.0 Å². The average Bonchev–Trinajstić information content (AvgIpc) is 3.52. The number of anilines is 2. The van der Waals surface area contributed by atoms with Gasteiger partial charge in [0.05, 0.1) is 12.3 Å². The lowest BCUT2D eigenvalue weighted by Gasteiger charge is -2.11. The summed E-state index contributed by atoms with van der Waals surface area (Å²) >= 11 is 0. The van der Waals surface area contributed by atoms with Crippen molar-refractivity contribution in [1.82, 2.24) is 15.0 Å². The van der Waals surface area contributed by atoms with Crippen LogP contribution in [0.25, 0.3) is 26.9 Å². The molecule has 1 amide bonds. The smallest absolute Gasteiger partial charge is 0.236 e. The predicted octanol–water partition coefficient (Wildman–Crippen LogP) is 2.71. The number of carbonyl (C=O) groups is 1. The van der Waals surface area contributed by atoms with Gasteiger partial charge >= 0.3 is 0 Å². The van der Waals surface area contributed by atoms with E-state index >= 15 is 0 Å². The van der Waals surface area contributed by atoms with E-state index in [9.17, 15) is 4.79 Å². The summed E-state index contributed by atoms with van der Waals surface area (Å²) < 4.78 is 5.19. The van der Waals surface area contributed by atoms with Gasteiger partial charge in [-0.1, -0.05) is 0 Å². The number of nitrogen functional groups attached to an aromatic ring is 1. The van der Waals surface area contributed by atoms with Gasteiger partial charge in [-0.05, 0) is 35.6 Å². The highest BCUT2D eigenvalue weighted by Gasteiger charge is 2.49. The molecule has 1 saturated carbocycles. The van der Waals surface area contributed by atoms with Crippen molar-refractivity contribution in [2.75, 3.05) is 24.8 Å². The number of rotatable bonds is 6. The van der Waals surface area contributed by atoms with Crippen LogP contribution in [0.3, 0.4) is 0 Å². The van der Waals surface area contributed by atoms with Crippen LogP contribution in [0, 0.1) is 12.5 Å². The fourth-order valence-electron chi connectivity index (χ4n) is 3.29. The van der Waals surface area contributed by atoms with Gasteiger partial charge in [0.1, 0.15) is 17.6 Å².